The second-order valence-electron chi connectivity index (χ2n) is 4.56. The Morgan fingerprint density at radius 1 is 1.30 bits per heavy atom. The maximum atomic E-state index is 10.6. The van der Waals surface area contributed by atoms with Gasteiger partial charge in [0.2, 0.25) is 0 Å². The van der Waals surface area contributed by atoms with E-state index in [1.165, 1.54) is 0 Å². The highest BCUT2D eigenvalue weighted by atomic mass is 16.5. The zero-order valence-corrected chi connectivity index (χ0v) is 11.7. The molecule has 0 heterocycles. The van der Waals surface area contributed by atoms with Gasteiger partial charge in [-0.1, -0.05) is 24.3 Å². The normalized spacial score (nSPS) is 10.4. The number of nitrogens with zero attached hydrogens (tertiary/aromatic N) is 2. The lowest BCUT2D eigenvalue weighted by Crippen LogP contribution is -2.28. The zero-order chi connectivity index (χ0) is 14.8. The molecule has 0 aliphatic heterocycles. The fourth-order valence-corrected chi connectivity index (χ4v) is 1.89. The minimum Gasteiger partial charge on any atom is -0.481 e. The average Bonchev–Trinajstić information content (AvgIpc) is 2.43. The summed E-state index contributed by atoms with van der Waals surface area (Å²) in [5.74, 6) is -0.825. The molecule has 5 nitrogen and oxygen atoms in total. The first-order valence-electron chi connectivity index (χ1n) is 6.53. The second-order valence-corrected chi connectivity index (χ2v) is 4.56. The lowest BCUT2D eigenvalue weighted by molar-refractivity contribution is -0.136. The Labute approximate surface area is 119 Å². The molecule has 0 fully saturated rings. The molecule has 0 radical (unpaired) electrons. The van der Waals surface area contributed by atoms with Crippen molar-refractivity contribution >= 4 is 5.97 Å². The maximum absolute atomic E-state index is 10.6. The molecular weight excluding hydrogens is 256 g/mol. The zero-order valence-electron chi connectivity index (χ0n) is 11.7. The summed E-state index contributed by atoms with van der Waals surface area (Å²) in [6, 6.07) is 9.68. The van der Waals surface area contributed by atoms with Crippen LogP contribution in [0.1, 0.15) is 17.5 Å². The van der Waals surface area contributed by atoms with Gasteiger partial charge >= 0.3 is 5.97 Å². The first-order chi connectivity index (χ1) is 9.65. The van der Waals surface area contributed by atoms with Gasteiger partial charge in [0.25, 0.3) is 0 Å². The van der Waals surface area contributed by atoms with Crippen molar-refractivity contribution in [2.75, 3.05) is 26.8 Å². The van der Waals surface area contributed by atoms with Crippen LogP contribution in [0.2, 0.25) is 0 Å². The fourth-order valence-electron chi connectivity index (χ4n) is 1.89. The number of carboxylic acids is 1. The summed E-state index contributed by atoms with van der Waals surface area (Å²) in [5.41, 5.74) is 1.90. The second kappa shape index (κ2) is 9.08. The highest BCUT2D eigenvalue weighted by Gasteiger charge is 2.06. The molecule has 0 amide bonds. The smallest absolute Gasteiger partial charge is 0.307 e. The van der Waals surface area contributed by atoms with Crippen molar-refractivity contribution in [2.45, 2.75) is 19.4 Å². The summed E-state index contributed by atoms with van der Waals surface area (Å²) in [6.45, 7) is 2.84. The summed E-state index contributed by atoms with van der Waals surface area (Å²) in [5, 5.41) is 17.4. The van der Waals surface area contributed by atoms with E-state index in [4.69, 9.17) is 15.1 Å². The van der Waals surface area contributed by atoms with E-state index in [1.54, 1.807) is 7.11 Å². The predicted octanol–water partition coefficient (Wildman–Crippen LogP) is 1.68. The van der Waals surface area contributed by atoms with Crippen molar-refractivity contribution in [3.8, 4) is 6.07 Å². The molecule has 0 aromatic heterocycles. The molecule has 5 heteroatoms. The molecule has 0 bridgehead atoms. The van der Waals surface area contributed by atoms with E-state index < -0.39 is 5.97 Å². The van der Waals surface area contributed by atoms with Crippen LogP contribution in [0.5, 0.6) is 0 Å². The summed E-state index contributed by atoms with van der Waals surface area (Å²) < 4.78 is 5.06. The van der Waals surface area contributed by atoms with Crippen LogP contribution < -0.4 is 0 Å². The Morgan fingerprint density at radius 3 is 2.50 bits per heavy atom. The van der Waals surface area contributed by atoms with Gasteiger partial charge < -0.3 is 9.84 Å². The molecule has 1 rings (SSSR count). The minimum absolute atomic E-state index is 0.0438. The number of nitriles is 1. The third-order valence-corrected chi connectivity index (χ3v) is 2.94. The Kier molecular flexibility index (Phi) is 7.33. The van der Waals surface area contributed by atoms with E-state index in [0.29, 0.717) is 19.6 Å². The Balaban J connectivity index is 2.58. The number of carbonyl (C=O) groups is 1. The first kappa shape index (κ1) is 16.2. The van der Waals surface area contributed by atoms with Crippen LogP contribution in [0.15, 0.2) is 24.3 Å². The number of hydrogen-bond donors (Lipinski definition) is 1. The van der Waals surface area contributed by atoms with Crippen molar-refractivity contribution < 1.29 is 14.6 Å². The third kappa shape index (κ3) is 6.32. The first-order valence-corrected chi connectivity index (χ1v) is 6.53. The monoisotopic (exact) mass is 276 g/mol. The van der Waals surface area contributed by atoms with Crippen molar-refractivity contribution in [3.63, 3.8) is 0 Å². The summed E-state index contributed by atoms with van der Waals surface area (Å²) in [7, 11) is 1.66. The Morgan fingerprint density at radius 2 is 1.95 bits per heavy atom. The molecule has 1 N–H and O–H groups in total. The highest BCUT2D eigenvalue weighted by Crippen LogP contribution is 2.09. The van der Waals surface area contributed by atoms with Gasteiger partial charge in [0.05, 0.1) is 19.1 Å². The summed E-state index contributed by atoms with van der Waals surface area (Å²) >= 11 is 0. The van der Waals surface area contributed by atoms with Gasteiger partial charge in [0.15, 0.2) is 0 Å². The number of ether oxygens (including phenoxy) is 1. The van der Waals surface area contributed by atoms with E-state index >= 15 is 0 Å². The standard InChI is InChI=1S/C15H20N2O3/c1-20-10-9-17(8-2-7-16)12-14-5-3-13(4-6-14)11-15(18)19/h3-6H,2,8-12H2,1H3,(H,18,19). The number of rotatable bonds is 9. The summed E-state index contributed by atoms with van der Waals surface area (Å²) in [4.78, 5) is 12.8. The van der Waals surface area contributed by atoms with E-state index in [1.807, 2.05) is 24.3 Å². The lowest BCUT2D eigenvalue weighted by Gasteiger charge is -2.20. The maximum Gasteiger partial charge on any atom is 0.307 e. The van der Waals surface area contributed by atoms with Gasteiger partial charge in [-0.15, -0.1) is 0 Å². The number of aliphatic carboxylic acids is 1. The summed E-state index contributed by atoms with van der Waals surface area (Å²) in [6.07, 6.45) is 0.531. The minimum atomic E-state index is -0.825. The van der Waals surface area contributed by atoms with Crippen LogP contribution in [0.3, 0.4) is 0 Å². The van der Waals surface area contributed by atoms with Crippen LogP contribution in [-0.4, -0.2) is 42.8 Å². The largest absolute Gasteiger partial charge is 0.481 e. The molecule has 108 valence electrons. The topological polar surface area (TPSA) is 73.6 Å². The van der Waals surface area contributed by atoms with E-state index in [9.17, 15) is 4.79 Å². The van der Waals surface area contributed by atoms with E-state index in [2.05, 4.69) is 11.0 Å². The van der Waals surface area contributed by atoms with Crippen LogP contribution in [0, 0.1) is 11.3 Å². The molecule has 0 saturated heterocycles. The number of methoxy groups -OCH3 is 1. The van der Waals surface area contributed by atoms with Crippen LogP contribution in [0.25, 0.3) is 0 Å². The van der Waals surface area contributed by atoms with Crippen molar-refractivity contribution in [2.24, 2.45) is 0 Å². The molecule has 20 heavy (non-hydrogen) atoms. The molecule has 0 aliphatic carbocycles. The molecule has 0 aliphatic rings. The van der Waals surface area contributed by atoms with Crippen molar-refractivity contribution in [1.82, 2.24) is 4.90 Å². The molecule has 0 saturated carbocycles. The van der Waals surface area contributed by atoms with Gasteiger partial charge in [-0.2, -0.15) is 5.26 Å². The molecular formula is C15H20N2O3. The number of hydrogen-bond acceptors (Lipinski definition) is 4. The molecule has 0 unspecified atom stereocenters. The van der Waals surface area contributed by atoms with Gasteiger partial charge in [0, 0.05) is 33.2 Å². The third-order valence-electron chi connectivity index (χ3n) is 2.94. The van der Waals surface area contributed by atoms with E-state index in [-0.39, 0.29) is 6.42 Å². The molecule has 0 spiro atoms. The quantitative estimate of drug-likeness (QED) is 0.742. The van der Waals surface area contributed by atoms with Gasteiger partial charge in [-0.05, 0) is 11.1 Å². The van der Waals surface area contributed by atoms with Gasteiger partial charge in [-0.3, -0.25) is 9.69 Å². The predicted molar refractivity (Wildman–Crippen MR) is 75.2 cm³/mol. The van der Waals surface area contributed by atoms with E-state index in [0.717, 1.165) is 24.2 Å². The van der Waals surface area contributed by atoms with Crippen LogP contribution in [0.4, 0.5) is 0 Å². The lowest BCUT2D eigenvalue weighted by atomic mass is 10.1. The van der Waals surface area contributed by atoms with Crippen molar-refractivity contribution in [1.29, 1.82) is 5.26 Å². The number of benzene rings is 1. The van der Waals surface area contributed by atoms with Crippen LogP contribution in [-0.2, 0) is 22.5 Å². The molecule has 0 atom stereocenters. The SMILES string of the molecule is COCCN(CCC#N)Cc1ccc(CC(=O)O)cc1. The van der Waals surface area contributed by atoms with Crippen molar-refractivity contribution in [3.05, 3.63) is 35.4 Å². The van der Waals surface area contributed by atoms with Gasteiger partial charge in [0.1, 0.15) is 0 Å². The van der Waals surface area contributed by atoms with Crippen LogP contribution >= 0.6 is 0 Å². The Hall–Kier alpha value is -1.90. The average molecular weight is 276 g/mol. The van der Waals surface area contributed by atoms with Gasteiger partial charge in [-0.25, -0.2) is 0 Å². The molecule has 1 aromatic rings. The fraction of sp³-hybridized carbons (Fsp3) is 0.467. The highest BCUT2D eigenvalue weighted by molar-refractivity contribution is 5.70. The number of carboxylic acid groups (broad SMARTS) is 1. The molecule has 1 aromatic carbocycles. The Bertz CT molecular complexity index is 451.